The molecule has 0 saturated carbocycles. The molecule has 1 saturated heterocycles. The molecule has 1 atom stereocenters. The molecule has 1 N–H and O–H groups in total. The lowest BCUT2D eigenvalue weighted by molar-refractivity contribution is -0.140. The van der Waals surface area contributed by atoms with Gasteiger partial charge in [-0.3, -0.25) is 0 Å². The fourth-order valence-corrected chi connectivity index (χ4v) is 1.60. The molecular weight excluding hydrogens is 184 g/mol. The Morgan fingerprint density at radius 1 is 1.64 bits per heavy atom. The molecule has 1 aliphatic heterocycles. The molecule has 14 heavy (non-hydrogen) atoms. The van der Waals surface area contributed by atoms with Gasteiger partial charge < -0.3 is 14.9 Å². The highest BCUT2D eigenvalue weighted by molar-refractivity contribution is 5.86. The normalized spacial score (nSPS) is 22.3. The average molecular weight is 200 g/mol. The summed E-state index contributed by atoms with van der Waals surface area (Å²) < 4.78 is 0. The maximum absolute atomic E-state index is 11.5. The van der Waals surface area contributed by atoms with Crippen LogP contribution in [0.15, 0.2) is 0 Å². The van der Waals surface area contributed by atoms with E-state index < -0.39 is 12.0 Å². The quantitative estimate of drug-likeness (QED) is 0.720. The molecule has 0 aromatic carbocycles. The minimum atomic E-state index is -0.938. The molecule has 1 unspecified atom stereocenters. The summed E-state index contributed by atoms with van der Waals surface area (Å²) in [6.45, 7) is 4.92. The topological polar surface area (TPSA) is 60.9 Å². The number of carboxylic acids is 1. The standard InChI is InChI=1S/C9H16N2O3/c1-6(2)4-11-5-7(8(12)13)10(3)9(11)14/h6-7H,4-5H2,1-3H3,(H,12,13). The molecule has 1 rings (SSSR count). The van der Waals surface area contributed by atoms with Crippen LogP contribution in [0.3, 0.4) is 0 Å². The molecule has 0 radical (unpaired) electrons. The van der Waals surface area contributed by atoms with Gasteiger partial charge in [0.15, 0.2) is 0 Å². The molecule has 80 valence electrons. The Kier molecular flexibility index (Phi) is 2.98. The fourth-order valence-electron chi connectivity index (χ4n) is 1.60. The third-order valence-electron chi connectivity index (χ3n) is 2.30. The van der Waals surface area contributed by atoms with Gasteiger partial charge in [0, 0.05) is 13.6 Å². The summed E-state index contributed by atoms with van der Waals surface area (Å²) in [5.74, 6) is -0.577. The summed E-state index contributed by atoms with van der Waals surface area (Å²) in [6, 6.07) is -0.882. The van der Waals surface area contributed by atoms with E-state index in [4.69, 9.17) is 5.11 Å². The molecule has 5 nitrogen and oxygen atoms in total. The number of hydrogen-bond acceptors (Lipinski definition) is 2. The van der Waals surface area contributed by atoms with Gasteiger partial charge in [-0.2, -0.15) is 0 Å². The molecule has 0 spiro atoms. The molecular formula is C9H16N2O3. The zero-order valence-corrected chi connectivity index (χ0v) is 8.73. The highest BCUT2D eigenvalue weighted by Gasteiger charge is 2.38. The van der Waals surface area contributed by atoms with E-state index >= 15 is 0 Å². The number of nitrogens with zero attached hydrogens (tertiary/aromatic N) is 2. The maximum Gasteiger partial charge on any atom is 0.328 e. The van der Waals surface area contributed by atoms with Crippen molar-refractivity contribution in [1.82, 2.24) is 9.80 Å². The number of hydrogen-bond donors (Lipinski definition) is 1. The Hall–Kier alpha value is -1.26. The van der Waals surface area contributed by atoms with Crippen LogP contribution < -0.4 is 0 Å². The van der Waals surface area contributed by atoms with E-state index in [1.165, 1.54) is 11.9 Å². The second-order valence-electron chi connectivity index (χ2n) is 4.05. The Labute approximate surface area is 83.3 Å². The van der Waals surface area contributed by atoms with E-state index in [0.717, 1.165) is 0 Å². The van der Waals surface area contributed by atoms with Crippen LogP contribution in [0.4, 0.5) is 4.79 Å². The van der Waals surface area contributed by atoms with Gasteiger partial charge >= 0.3 is 12.0 Å². The van der Waals surface area contributed by atoms with Crippen LogP contribution in [0, 0.1) is 5.92 Å². The van der Waals surface area contributed by atoms with E-state index in [-0.39, 0.29) is 6.03 Å². The lowest BCUT2D eigenvalue weighted by Crippen LogP contribution is -2.36. The van der Waals surface area contributed by atoms with Crippen LogP contribution in [0.1, 0.15) is 13.8 Å². The van der Waals surface area contributed by atoms with Crippen LogP contribution in [-0.4, -0.2) is 53.1 Å². The van der Waals surface area contributed by atoms with Crippen LogP contribution in [0.2, 0.25) is 0 Å². The van der Waals surface area contributed by atoms with Crippen molar-refractivity contribution in [1.29, 1.82) is 0 Å². The van der Waals surface area contributed by atoms with E-state index in [0.29, 0.717) is 19.0 Å². The Balaban J connectivity index is 2.67. The monoisotopic (exact) mass is 200 g/mol. The average Bonchev–Trinajstić information content (AvgIpc) is 2.32. The molecule has 5 heteroatoms. The first-order chi connectivity index (χ1) is 6.43. The molecule has 1 aliphatic rings. The second-order valence-corrected chi connectivity index (χ2v) is 4.05. The number of carbonyl (C=O) groups is 2. The second kappa shape index (κ2) is 3.86. The summed E-state index contributed by atoms with van der Waals surface area (Å²) in [5, 5.41) is 8.83. The summed E-state index contributed by atoms with van der Waals surface area (Å²) in [6.07, 6.45) is 0. The lowest BCUT2D eigenvalue weighted by atomic mass is 10.2. The SMILES string of the molecule is CC(C)CN1CC(C(=O)O)N(C)C1=O. The van der Waals surface area contributed by atoms with Crippen molar-refractivity contribution in [3.8, 4) is 0 Å². The van der Waals surface area contributed by atoms with E-state index in [2.05, 4.69) is 0 Å². The predicted octanol–water partition coefficient (Wildman–Crippen LogP) is 0.463. The zero-order valence-electron chi connectivity index (χ0n) is 8.73. The third-order valence-corrected chi connectivity index (χ3v) is 2.30. The largest absolute Gasteiger partial charge is 0.480 e. The van der Waals surface area contributed by atoms with Gasteiger partial charge in [0.05, 0.1) is 6.54 Å². The maximum atomic E-state index is 11.5. The highest BCUT2D eigenvalue weighted by Crippen LogP contribution is 2.15. The highest BCUT2D eigenvalue weighted by atomic mass is 16.4. The number of aliphatic carboxylic acids is 1. The van der Waals surface area contributed by atoms with Crippen molar-refractivity contribution in [2.45, 2.75) is 19.9 Å². The van der Waals surface area contributed by atoms with Crippen LogP contribution in [0.5, 0.6) is 0 Å². The smallest absolute Gasteiger partial charge is 0.328 e. The molecule has 2 amide bonds. The number of urea groups is 1. The van der Waals surface area contributed by atoms with Crippen molar-refractivity contribution >= 4 is 12.0 Å². The Morgan fingerprint density at radius 3 is 2.57 bits per heavy atom. The first kappa shape index (κ1) is 10.8. The minimum absolute atomic E-state index is 0.189. The number of likely N-dealkylation sites (N-methyl/N-ethyl adjacent to an activating group) is 1. The van der Waals surface area contributed by atoms with Crippen molar-refractivity contribution in [2.24, 2.45) is 5.92 Å². The van der Waals surface area contributed by atoms with E-state index in [1.807, 2.05) is 13.8 Å². The predicted molar refractivity (Wildman–Crippen MR) is 51.0 cm³/mol. The zero-order chi connectivity index (χ0) is 10.9. The first-order valence-corrected chi connectivity index (χ1v) is 4.68. The van der Waals surface area contributed by atoms with Gasteiger partial charge in [0.2, 0.25) is 0 Å². The van der Waals surface area contributed by atoms with Crippen LogP contribution in [-0.2, 0) is 4.79 Å². The van der Waals surface area contributed by atoms with Gasteiger partial charge in [-0.25, -0.2) is 9.59 Å². The van der Waals surface area contributed by atoms with Gasteiger partial charge in [0.25, 0.3) is 0 Å². The van der Waals surface area contributed by atoms with E-state index in [1.54, 1.807) is 4.90 Å². The summed E-state index contributed by atoms with van der Waals surface area (Å²) in [7, 11) is 1.53. The van der Waals surface area contributed by atoms with Crippen LogP contribution in [0.25, 0.3) is 0 Å². The third kappa shape index (κ3) is 1.97. The van der Waals surface area contributed by atoms with Crippen molar-refractivity contribution in [2.75, 3.05) is 20.1 Å². The van der Waals surface area contributed by atoms with Crippen LogP contribution >= 0.6 is 0 Å². The Bertz CT molecular complexity index is 252. The molecule has 1 fully saturated rings. The molecule has 1 heterocycles. The molecule has 0 bridgehead atoms. The molecule has 0 aromatic heterocycles. The summed E-state index contributed by atoms with van der Waals surface area (Å²) >= 11 is 0. The first-order valence-electron chi connectivity index (χ1n) is 4.68. The number of rotatable bonds is 3. The van der Waals surface area contributed by atoms with Gasteiger partial charge in [-0.05, 0) is 5.92 Å². The number of amides is 2. The van der Waals surface area contributed by atoms with Crippen molar-refractivity contribution in [3.05, 3.63) is 0 Å². The minimum Gasteiger partial charge on any atom is -0.480 e. The number of carboxylic acid groups (broad SMARTS) is 1. The molecule has 0 aromatic rings. The lowest BCUT2D eigenvalue weighted by Gasteiger charge is -2.17. The Morgan fingerprint density at radius 2 is 2.21 bits per heavy atom. The van der Waals surface area contributed by atoms with Crippen molar-refractivity contribution in [3.63, 3.8) is 0 Å². The van der Waals surface area contributed by atoms with Gasteiger partial charge in [-0.15, -0.1) is 0 Å². The number of carbonyl (C=O) groups excluding carboxylic acids is 1. The van der Waals surface area contributed by atoms with E-state index in [9.17, 15) is 9.59 Å². The van der Waals surface area contributed by atoms with Gasteiger partial charge in [-0.1, -0.05) is 13.8 Å². The van der Waals surface area contributed by atoms with Gasteiger partial charge in [0.1, 0.15) is 6.04 Å². The van der Waals surface area contributed by atoms with Crippen molar-refractivity contribution < 1.29 is 14.7 Å². The molecule has 0 aliphatic carbocycles. The summed E-state index contributed by atoms with van der Waals surface area (Å²) in [4.78, 5) is 25.2. The summed E-state index contributed by atoms with van der Waals surface area (Å²) in [5.41, 5.74) is 0. The fraction of sp³-hybridized carbons (Fsp3) is 0.778.